The molecule has 0 saturated heterocycles. The van der Waals surface area contributed by atoms with E-state index in [0.717, 1.165) is 24.3 Å². The van der Waals surface area contributed by atoms with Gasteiger partial charge in [0.05, 0.1) is 6.54 Å². The molecule has 17 heavy (non-hydrogen) atoms. The minimum atomic E-state index is 0.169. The molecule has 4 nitrogen and oxygen atoms in total. The molecule has 0 aromatic carbocycles. The minimum Gasteiger partial charge on any atom is -0.361 e. The lowest BCUT2D eigenvalue weighted by Gasteiger charge is -2.17. The van der Waals surface area contributed by atoms with E-state index in [4.69, 9.17) is 4.52 Å². The second-order valence-corrected chi connectivity index (χ2v) is 4.65. The average Bonchev–Trinajstić information content (AvgIpc) is 2.90. The van der Waals surface area contributed by atoms with Crippen LogP contribution in [0, 0.1) is 12.8 Å². The molecule has 1 aromatic rings. The number of hydrogen-bond acceptors (Lipinski definition) is 3. The van der Waals surface area contributed by atoms with Gasteiger partial charge in [-0.15, -0.1) is 0 Å². The van der Waals surface area contributed by atoms with E-state index in [2.05, 4.69) is 17.3 Å². The van der Waals surface area contributed by atoms with E-state index in [-0.39, 0.29) is 5.91 Å². The standard InChI is InChI=1S/C13H18N2O2/c1-10-7-12(14-17-10)9-15(2)13(16)8-11-5-3-4-6-11/h3,5,7,11H,4,6,8-9H2,1-2H3/t11-/m1/s1. The van der Waals surface area contributed by atoms with Gasteiger partial charge in [-0.05, 0) is 25.7 Å². The van der Waals surface area contributed by atoms with Gasteiger partial charge in [0.25, 0.3) is 0 Å². The SMILES string of the molecule is Cc1cc(CN(C)C(=O)C[C@@H]2C=CCC2)no1. The molecule has 1 atom stereocenters. The van der Waals surface area contributed by atoms with Gasteiger partial charge in [-0.3, -0.25) is 4.79 Å². The molecule has 0 saturated carbocycles. The van der Waals surface area contributed by atoms with E-state index in [9.17, 15) is 4.79 Å². The van der Waals surface area contributed by atoms with E-state index in [0.29, 0.717) is 18.9 Å². The Bertz CT molecular complexity index is 423. The van der Waals surface area contributed by atoms with Gasteiger partial charge in [-0.25, -0.2) is 0 Å². The fourth-order valence-corrected chi connectivity index (χ4v) is 2.07. The number of amides is 1. The van der Waals surface area contributed by atoms with Gasteiger partial charge in [-0.2, -0.15) is 0 Å². The lowest BCUT2D eigenvalue weighted by molar-refractivity contribution is -0.131. The third kappa shape index (κ3) is 3.19. The van der Waals surface area contributed by atoms with Crippen LogP contribution in [-0.4, -0.2) is 23.0 Å². The second kappa shape index (κ2) is 5.17. The fourth-order valence-electron chi connectivity index (χ4n) is 2.07. The Morgan fingerprint density at radius 2 is 2.47 bits per heavy atom. The van der Waals surface area contributed by atoms with Crippen LogP contribution in [0.1, 0.15) is 30.7 Å². The molecule has 1 aromatic heterocycles. The summed E-state index contributed by atoms with van der Waals surface area (Å²) in [6, 6.07) is 1.86. The van der Waals surface area contributed by atoms with E-state index < -0.39 is 0 Å². The lowest BCUT2D eigenvalue weighted by Crippen LogP contribution is -2.27. The van der Waals surface area contributed by atoms with Crippen LogP contribution in [0.25, 0.3) is 0 Å². The first-order valence-corrected chi connectivity index (χ1v) is 5.98. The molecule has 0 N–H and O–H groups in total. The summed E-state index contributed by atoms with van der Waals surface area (Å²) < 4.78 is 4.98. The van der Waals surface area contributed by atoms with E-state index in [1.54, 1.807) is 4.90 Å². The maximum atomic E-state index is 11.9. The maximum Gasteiger partial charge on any atom is 0.223 e. The zero-order chi connectivity index (χ0) is 12.3. The van der Waals surface area contributed by atoms with Crippen LogP contribution in [0.4, 0.5) is 0 Å². The van der Waals surface area contributed by atoms with Crippen molar-refractivity contribution in [3.63, 3.8) is 0 Å². The first kappa shape index (κ1) is 11.9. The molecule has 0 bridgehead atoms. The molecule has 1 heterocycles. The Morgan fingerprint density at radius 3 is 3.06 bits per heavy atom. The summed E-state index contributed by atoms with van der Waals surface area (Å²) in [4.78, 5) is 13.7. The van der Waals surface area contributed by atoms with Crippen LogP contribution < -0.4 is 0 Å². The molecule has 0 unspecified atom stereocenters. The normalized spacial score (nSPS) is 18.6. The number of aryl methyl sites for hydroxylation is 1. The number of aromatic nitrogens is 1. The van der Waals surface area contributed by atoms with Crippen molar-refractivity contribution in [2.24, 2.45) is 5.92 Å². The van der Waals surface area contributed by atoms with E-state index in [1.165, 1.54) is 0 Å². The van der Waals surface area contributed by atoms with Crippen LogP contribution in [0.2, 0.25) is 0 Å². The van der Waals surface area contributed by atoms with Crippen LogP contribution in [-0.2, 0) is 11.3 Å². The number of hydrogen-bond donors (Lipinski definition) is 0. The Morgan fingerprint density at radius 1 is 1.65 bits per heavy atom. The molecule has 92 valence electrons. The van der Waals surface area contributed by atoms with E-state index >= 15 is 0 Å². The highest BCUT2D eigenvalue weighted by Gasteiger charge is 2.17. The highest BCUT2D eigenvalue weighted by Crippen LogP contribution is 2.21. The quantitative estimate of drug-likeness (QED) is 0.751. The Balaban J connectivity index is 1.84. The van der Waals surface area contributed by atoms with Gasteiger partial charge in [0, 0.05) is 19.5 Å². The summed E-state index contributed by atoms with van der Waals surface area (Å²) in [6.07, 6.45) is 7.10. The minimum absolute atomic E-state index is 0.169. The zero-order valence-corrected chi connectivity index (χ0v) is 10.3. The molecule has 0 spiro atoms. The summed E-state index contributed by atoms with van der Waals surface area (Å²) in [5.41, 5.74) is 0.806. The van der Waals surface area contributed by atoms with Gasteiger partial charge in [0.1, 0.15) is 11.5 Å². The van der Waals surface area contributed by atoms with Crippen molar-refractivity contribution in [1.82, 2.24) is 10.1 Å². The van der Waals surface area contributed by atoms with E-state index in [1.807, 2.05) is 20.0 Å². The smallest absolute Gasteiger partial charge is 0.223 e. The Labute approximate surface area is 101 Å². The molecule has 0 fully saturated rings. The first-order valence-electron chi connectivity index (χ1n) is 5.98. The van der Waals surface area contributed by atoms with Gasteiger partial charge >= 0.3 is 0 Å². The third-order valence-electron chi connectivity index (χ3n) is 3.05. The van der Waals surface area contributed by atoms with Gasteiger partial charge < -0.3 is 9.42 Å². The van der Waals surface area contributed by atoms with Gasteiger partial charge in [0.15, 0.2) is 0 Å². The van der Waals surface area contributed by atoms with Crippen LogP contribution in [0.15, 0.2) is 22.7 Å². The van der Waals surface area contributed by atoms with Crippen molar-refractivity contribution in [2.45, 2.75) is 32.7 Å². The number of carbonyl (C=O) groups is 1. The predicted molar refractivity (Wildman–Crippen MR) is 64.2 cm³/mol. The van der Waals surface area contributed by atoms with Crippen molar-refractivity contribution in [1.29, 1.82) is 0 Å². The highest BCUT2D eigenvalue weighted by atomic mass is 16.5. The molecular weight excluding hydrogens is 216 g/mol. The number of carbonyl (C=O) groups excluding carboxylic acids is 1. The average molecular weight is 234 g/mol. The fraction of sp³-hybridized carbons (Fsp3) is 0.538. The van der Waals surface area contributed by atoms with Gasteiger partial charge in [0.2, 0.25) is 5.91 Å². The second-order valence-electron chi connectivity index (χ2n) is 4.65. The third-order valence-corrected chi connectivity index (χ3v) is 3.05. The largest absolute Gasteiger partial charge is 0.361 e. The summed E-state index contributed by atoms with van der Waals surface area (Å²) in [6.45, 7) is 2.37. The number of rotatable bonds is 4. The first-order chi connectivity index (χ1) is 8.15. The summed E-state index contributed by atoms with van der Waals surface area (Å²) in [5.74, 6) is 1.37. The van der Waals surface area contributed by atoms with Crippen LogP contribution in [0.3, 0.4) is 0 Å². The van der Waals surface area contributed by atoms with Gasteiger partial charge in [-0.1, -0.05) is 17.3 Å². The summed E-state index contributed by atoms with van der Waals surface area (Å²) in [5, 5.41) is 3.89. The topological polar surface area (TPSA) is 46.3 Å². The molecule has 1 amide bonds. The predicted octanol–water partition coefficient (Wildman–Crippen LogP) is 2.30. The number of nitrogens with zero attached hydrogens (tertiary/aromatic N) is 2. The zero-order valence-electron chi connectivity index (χ0n) is 10.3. The highest BCUT2D eigenvalue weighted by molar-refractivity contribution is 5.76. The molecule has 1 aliphatic carbocycles. The van der Waals surface area contributed by atoms with Crippen molar-refractivity contribution in [3.8, 4) is 0 Å². The van der Waals surface area contributed by atoms with Crippen molar-refractivity contribution in [3.05, 3.63) is 29.7 Å². The monoisotopic (exact) mass is 234 g/mol. The van der Waals surface area contributed by atoms with Crippen LogP contribution in [0.5, 0.6) is 0 Å². The maximum absolute atomic E-state index is 11.9. The molecular formula is C13H18N2O2. The molecule has 0 radical (unpaired) electrons. The van der Waals surface area contributed by atoms with Crippen molar-refractivity contribution < 1.29 is 9.32 Å². The molecule has 2 rings (SSSR count). The Hall–Kier alpha value is -1.58. The number of allylic oxidation sites excluding steroid dienone is 2. The summed E-state index contributed by atoms with van der Waals surface area (Å²) >= 11 is 0. The lowest BCUT2D eigenvalue weighted by atomic mass is 10.0. The van der Waals surface area contributed by atoms with Crippen LogP contribution >= 0.6 is 0 Å². The van der Waals surface area contributed by atoms with Crippen molar-refractivity contribution in [2.75, 3.05) is 7.05 Å². The summed E-state index contributed by atoms with van der Waals surface area (Å²) in [7, 11) is 1.81. The van der Waals surface area contributed by atoms with Crippen molar-refractivity contribution >= 4 is 5.91 Å². The molecule has 0 aliphatic heterocycles. The Kier molecular flexibility index (Phi) is 3.61. The molecule has 4 heteroatoms. The molecule has 1 aliphatic rings.